The second-order valence-corrected chi connectivity index (χ2v) is 7.30. The molecule has 1 fully saturated rings. The van der Waals surface area contributed by atoms with Crippen LogP contribution in [-0.2, 0) is 20.9 Å². The molecule has 1 saturated heterocycles. The Labute approximate surface area is 150 Å². The van der Waals surface area contributed by atoms with E-state index >= 15 is 0 Å². The molecule has 0 amide bonds. The molecule has 3 rings (SSSR count). The number of hydrogen-bond acceptors (Lipinski definition) is 3. The van der Waals surface area contributed by atoms with Gasteiger partial charge in [0.15, 0.2) is 5.60 Å². The fraction of sp³-hybridized carbons (Fsp3) is 0.409. The van der Waals surface area contributed by atoms with E-state index in [4.69, 9.17) is 9.47 Å². The van der Waals surface area contributed by atoms with E-state index < -0.39 is 5.60 Å². The minimum Gasteiger partial charge on any atom is -0.455 e. The highest BCUT2D eigenvalue weighted by atomic mass is 16.6. The maximum Gasteiger partial charge on any atom is 0.338 e. The van der Waals surface area contributed by atoms with Crippen LogP contribution in [0.2, 0.25) is 0 Å². The van der Waals surface area contributed by atoms with Gasteiger partial charge >= 0.3 is 5.97 Å². The maximum absolute atomic E-state index is 12.5. The van der Waals surface area contributed by atoms with Gasteiger partial charge < -0.3 is 9.47 Å². The number of ether oxygens (including phenoxy) is 2. The summed E-state index contributed by atoms with van der Waals surface area (Å²) in [5.74, 6) is 0.0362. The summed E-state index contributed by atoms with van der Waals surface area (Å²) in [6.07, 6.45) is 5.68. The lowest BCUT2D eigenvalue weighted by molar-refractivity contribution is -0.159. The summed E-state index contributed by atoms with van der Waals surface area (Å²) >= 11 is 0. The van der Waals surface area contributed by atoms with Crippen molar-refractivity contribution in [2.75, 3.05) is 0 Å². The highest BCUT2D eigenvalue weighted by Gasteiger charge is 2.48. The molecule has 0 spiro atoms. The number of benzene rings is 1. The molecule has 0 radical (unpaired) electrons. The van der Waals surface area contributed by atoms with Crippen LogP contribution in [0, 0.1) is 5.92 Å². The Morgan fingerprint density at radius 2 is 2.08 bits per heavy atom. The van der Waals surface area contributed by atoms with Crippen LogP contribution >= 0.6 is 0 Å². The van der Waals surface area contributed by atoms with E-state index in [1.54, 1.807) is 0 Å². The van der Waals surface area contributed by atoms with Crippen LogP contribution in [0.15, 0.2) is 65.8 Å². The maximum atomic E-state index is 12.5. The molecule has 2 unspecified atom stereocenters. The molecule has 1 heterocycles. The van der Waals surface area contributed by atoms with Gasteiger partial charge in [0.2, 0.25) is 0 Å². The normalized spacial score (nSPS) is 29.0. The van der Waals surface area contributed by atoms with Gasteiger partial charge in [0.1, 0.15) is 6.10 Å². The molecule has 1 aromatic rings. The SMILES string of the molecule is C=C(C)C1C=C(C2C[C@](C)(OCc3ccccc3)C(=O)O2)C(C)=CC1. The number of esters is 1. The molecule has 0 bridgehead atoms. The average Bonchev–Trinajstić information content (AvgIpc) is 2.89. The molecule has 3 nitrogen and oxygen atoms in total. The first kappa shape index (κ1) is 17.7. The zero-order chi connectivity index (χ0) is 18.0. The van der Waals surface area contributed by atoms with Crippen molar-refractivity contribution in [1.29, 1.82) is 0 Å². The first-order valence-corrected chi connectivity index (χ1v) is 8.82. The second kappa shape index (κ2) is 7.01. The van der Waals surface area contributed by atoms with Crippen molar-refractivity contribution < 1.29 is 14.3 Å². The molecule has 3 atom stereocenters. The number of carbonyl (C=O) groups is 1. The van der Waals surface area contributed by atoms with Crippen molar-refractivity contribution in [3.63, 3.8) is 0 Å². The minimum absolute atomic E-state index is 0.244. The van der Waals surface area contributed by atoms with Crippen LogP contribution in [0.1, 0.15) is 39.2 Å². The largest absolute Gasteiger partial charge is 0.455 e. The van der Waals surface area contributed by atoms with E-state index in [-0.39, 0.29) is 12.1 Å². The number of rotatable bonds is 5. The lowest BCUT2D eigenvalue weighted by atomic mass is 9.83. The molecule has 0 saturated carbocycles. The van der Waals surface area contributed by atoms with Gasteiger partial charge in [-0.2, -0.15) is 0 Å². The fourth-order valence-corrected chi connectivity index (χ4v) is 3.38. The summed E-state index contributed by atoms with van der Waals surface area (Å²) < 4.78 is 11.7. The monoisotopic (exact) mass is 338 g/mol. The molecule has 2 aliphatic rings. The van der Waals surface area contributed by atoms with Crippen LogP contribution in [0.4, 0.5) is 0 Å². The number of carbonyl (C=O) groups excluding carboxylic acids is 1. The minimum atomic E-state index is -0.905. The Kier molecular flexibility index (Phi) is 4.96. The highest BCUT2D eigenvalue weighted by molar-refractivity contribution is 5.82. The van der Waals surface area contributed by atoms with Crippen LogP contribution < -0.4 is 0 Å². The van der Waals surface area contributed by atoms with Crippen molar-refractivity contribution in [2.24, 2.45) is 5.92 Å². The van der Waals surface area contributed by atoms with E-state index in [1.807, 2.05) is 44.2 Å². The number of allylic oxidation sites excluding steroid dienone is 3. The van der Waals surface area contributed by atoms with Crippen molar-refractivity contribution >= 4 is 5.97 Å². The zero-order valence-electron chi connectivity index (χ0n) is 15.2. The molecule has 1 aliphatic carbocycles. The summed E-state index contributed by atoms with van der Waals surface area (Å²) in [5, 5.41) is 0. The second-order valence-electron chi connectivity index (χ2n) is 7.30. The summed E-state index contributed by atoms with van der Waals surface area (Å²) in [6, 6.07) is 9.89. The Hall–Kier alpha value is -2.13. The van der Waals surface area contributed by atoms with Gasteiger partial charge in [-0.3, -0.25) is 0 Å². The van der Waals surface area contributed by atoms with Gasteiger partial charge in [0, 0.05) is 12.3 Å². The van der Waals surface area contributed by atoms with E-state index in [0.29, 0.717) is 18.9 Å². The number of hydrogen-bond donors (Lipinski definition) is 0. The molecule has 132 valence electrons. The molecule has 1 aromatic carbocycles. The fourth-order valence-electron chi connectivity index (χ4n) is 3.38. The molecule has 0 N–H and O–H groups in total. The van der Waals surface area contributed by atoms with E-state index in [0.717, 1.165) is 23.1 Å². The quantitative estimate of drug-likeness (QED) is 0.574. The smallest absolute Gasteiger partial charge is 0.338 e. The summed E-state index contributed by atoms with van der Waals surface area (Å²) in [5.41, 5.74) is 3.56. The Balaban J connectivity index is 1.73. The highest BCUT2D eigenvalue weighted by Crippen LogP contribution is 2.38. The van der Waals surface area contributed by atoms with Gasteiger partial charge in [-0.05, 0) is 43.9 Å². The summed E-state index contributed by atoms with van der Waals surface area (Å²) in [4.78, 5) is 12.5. The van der Waals surface area contributed by atoms with E-state index in [1.165, 1.54) is 5.57 Å². The van der Waals surface area contributed by atoms with E-state index in [2.05, 4.69) is 25.7 Å². The zero-order valence-corrected chi connectivity index (χ0v) is 15.2. The summed E-state index contributed by atoms with van der Waals surface area (Å²) in [6.45, 7) is 10.4. The predicted octanol–water partition coefficient (Wildman–Crippen LogP) is 4.75. The Bertz CT molecular complexity index is 729. The standard InChI is InChI=1S/C22H26O3/c1-15(2)18-11-10-16(3)19(12-18)20-13-22(4,21(23)25-20)24-14-17-8-6-5-7-9-17/h5-10,12,18,20H,1,11,13-14H2,2-4H3/t18?,20?,22-/m0/s1. The third kappa shape index (κ3) is 3.77. The molecule has 1 aliphatic heterocycles. The third-order valence-corrected chi connectivity index (χ3v) is 5.15. The Morgan fingerprint density at radius 3 is 2.76 bits per heavy atom. The van der Waals surface area contributed by atoms with Gasteiger partial charge in [0.05, 0.1) is 6.61 Å². The van der Waals surface area contributed by atoms with Gasteiger partial charge in [0.25, 0.3) is 0 Å². The Morgan fingerprint density at radius 1 is 1.36 bits per heavy atom. The van der Waals surface area contributed by atoms with Crippen molar-refractivity contribution in [2.45, 2.75) is 51.9 Å². The van der Waals surface area contributed by atoms with Crippen LogP contribution in [-0.4, -0.2) is 17.7 Å². The first-order valence-electron chi connectivity index (χ1n) is 8.82. The van der Waals surface area contributed by atoms with Crippen LogP contribution in [0.3, 0.4) is 0 Å². The van der Waals surface area contributed by atoms with Crippen molar-refractivity contribution in [3.05, 3.63) is 71.3 Å². The van der Waals surface area contributed by atoms with Crippen LogP contribution in [0.5, 0.6) is 0 Å². The molecule has 3 heteroatoms. The van der Waals surface area contributed by atoms with Crippen molar-refractivity contribution in [3.8, 4) is 0 Å². The van der Waals surface area contributed by atoms with Crippen molar-refractivity contribution in [1.82, 2.24) is 0 Å². The summed E-state index contributed by atoms with van der Waals surface area (Å²) in [7, 11) is 0. The average molecular weight is 338 g/mol. The third-order valence-electron chi connectivity index (χ3n) is 5.15. The molecule has 25 heavy (non-hydrogen) atoms. The predicted molar refractivity (Wildman–Crippen MR) is 98.9 cm³/mol. The van der Waals surface area contributed by atoms with Gasteiger partial charge in [-0.15, -0.1) is 0 Å². The molecular weight excluding hydrogens is 312 g/mol. The van der Waals surface area contributed by atoms with Crippen LogP contribution in [0.25, 0.3) is 0 Å². The number of cyclic esters (lactones) is 1. The lowest BCUT2D eigenvalue weighted by Crippen LogP contribution is -2.33. The molecular formula is C22H26O3. The lowest BCUT2D eigenvalue weighted by Gasteiger charge is -2.24. The molecule has 0 aromatic heterocycles. The topological polar surface area (TPSA) is 35.5 Å². The van der Waals surface area contributed by atoms with E-state index in [9.17, 15) is 4.79 Å². The van der Waals surface area contributed by atoms with Gasteiger partial charge in [-0.25, -0.2) is 4.79 Å². The van der Waals surface area contributed by atoms with Gasteiger partial charge in [-0.1, -0.05) is 54.6 Å². The first-order chi connectivity index (χ1) is 11.9.